The molecule has 2 saturated heterocycles. The summed E-state index contributed by atoms with van der Waals surface area (Å²) in [7, 11) is 6.23. The number of hydrogen-bond acceptors (Lipinski definition) is 8. The zero-order chi connectivity index (χ0) is 24.6. The number of rotatable bonds is 4. The second-order valence-corrected chi connectivity index (χ2v) is 11.7. The van der Waals surface area contributed by atoms with Crippen molar-refractivity contribution in [1.82, 2.24) is 29.4 Å². The Morgan fingerprint density at radius 3 is 2.89 bits per heavy atom. The molecule has 2 aliphatic heterocycles. The number of aryl methyl sites for hydroxylation is 1. The molecule has 186 valence electrons. The molecule has 4 aromatic heterocycles. The van der Waals surface area contributed by atoms with E-state index in [1.807, 2.05) is 30.9 Å². The van der Waals surface area contributed by atoms with E-state index in [1.165, 1.54) is 10.4 Å². The van der Waals surface area contributed by atoms with Gasteiger partial charge in [0.15, 0.2) is 0 Å². The minimum Gasteiger partial charge on any atom is -0.375 e. The van der Waals surface area contributed by atoms with Crippen molar-refractivity contribution in [2.24, 2.45) is 5.92 Å². The average Bonchev–Trinajstić information content (AvgIpc) is 3.64. The Bertz CT molecular complexity index is 1490. The van der Waals surface area contributed by atoms with Gasteiger partial charge in [0.25, 0.3) is 0 Å². The fraction of sp³-hybridized carbons (Fsp3) is 0.462. The van der Waals surface area contributed by atoms with Crippen molar-refractivity contribution in [3.05, 3.63) is 41.3 Å². The van der Waals surface area contributed by atoms with Crippen LogP contribution in [0.3, 0.4) is 0 Å². The third-order valence-electron chi connectivity index (χ3n) is 8.24. The number of likely N-dealkylation sites (N-methyl/N-ethyl adjacent to an activating group) is 1. The van der Waals surface area contributed by atoms with Crippen LogP contribution in [0.25, 0.3) is 15.7 Å². The summed E-state index contributed by atoms with van der Waals surface area (Å²) in [5, 5.41) is 9.09. The minimum atomic E-state index is 0.0733. The zero-order valence-corrected chi connectivity index (χ0v) is 21.6. The van der Waals surface area contributed by atoms with Crippen LogP contribution in [-0.4, -0.2) is 81.6 Å². The normalized spacial score (nSPS) is 23.5. The summed E-state index contributed by atoms with van der Waals surface area (Å²) < 4.78 is 1.88. The fourth-order valence-corrected chi connectivity index (χ4v) is 7.59. The lowest BCUT2D eigenvalue weighted by Crippen LogP contribution is -2.49. The summed E-state index contributed by atoms with van der Waals surface area (Å²) in [5.41, 5.74) is 4.33. The highest BCUT2D eigenvalue weighted by Gasteiger charge is 2.45. The van der Waals surface area contributed by atoms with Gasteiger partial charge in [0.2, 0.25) is 5.91 Å². The van der Waals surface area contributed by atoms with E-state index in [-0.39, 0.29) is 5.92 Å². The smallest absolute Gasteiger partial charge is 0.226 e. The maximum atomic E-state index is 13.5. The van der Waals surface area contributed by atoms with Crippen molar-refractivity contribution in [3.8, 4) is 0 Å². The lowest BCUT2D eigenvalue weighted by atomic mass is 9.86. The number of amides is 1. The Hall–Kier alpha value is -3.24. The number of carbonyl (C=O) groups is 1. The van der Waals surface area contributed by atoms with E-state index in [9.17, 15) is 4.79 Å². The molecule has 2 fully saturated rings. The van der Waals surface area contributed by atoms with E-state index in [0.29, 0.717) is 18.0 Å². The second-order valence-electron chi connectivity index (χ2n) is 10.6. The molecule has 10 heteroatoms. The molecule has 4 aromatic rings. The van der Waals surface area contributed by atoms with Crippen LogP contribution in [0.4, 0.5) is 17.2 Å². The Balaban J connectivity index is 1.20. The van der Waals surface area contributed by atoms with Crippen molar-refractivity contribution in [2.75, 3.05) is 44.4 Å². The lowest BCUT2D eigenvalue weighted by Gasteiger charge is -2.35. The quantitative estimate of drug-likeness (QED) is 0.459. The number of carbonyl (C=O) groups excluding carboxylic acids is 1. The van der Waals surface area contributed by atoms with Gasteiger partial charge < -0.3 is 15.1 Å². The first-order chi connectivity index (χ1) is 17.5. The molecule has 1 amide bonds. The van der Waals surface area contributed by atoms with Gasteiger partial charge in [-0.05, 0) is 50.4 Å². The number of aromatic nitrogens is 4. The van der Waals surface area contributed by atoms with Crippen LogP contribution in [0.5, 0.6) is 0 Å². The molecule has 2 bridgehead atoms. The van der Waals surface area contributed by atoms with E-state index >= 15 is 0 Å². The minimum absolute atomic E-state index is 0.0733. The van der Waals surface area contributed by atoms with Gasteiger partial charge in [-0.25, -0.2) is 14.5 Å². The van der Waals surface area contributed by atoms with Crippen molar-refractivity contribution in [1.29, 1.82) is 0 Å². The first-order valence-electron chi connectivity index (χ1n) is 12.6. The lowest BCUT2D eigenvalue weighted by molar-refractivity contribution is -0.138. The van der Waals surface area contributed by atoms with Crippen molar-refractivity contribution in [3.63, 3.8) is 0 Å². The van der Waals surface area contributed by atoms with Crippen LogP contribution in [-0.2, 0) is 17.6 Å². The standard InChI is InChI=1S/C26H30N8OS/c1-31(2)21-13-34-16(6-7-29-34)10-20(21)30-24-23-19-5-4-15(8-22(19)36-25(23)28-14-27-24)26(35)33-12-17-9-18(33)11-32(17)3/h6-7,10,13-15,17-18H,4-5,8-9,11-12H2,1-3H3,(H,27,28,30)/t15-,17-,18-/m0/s1. The van der Waals surface area contributed by atoms with E-state index in [4.69, 9.17) is 0 Å². The number of pyridine rings is 1. The van der Waals surface area contributed by atoms with Gasteiger partial charge in [0.1, 0.15) is 17.0 Å². The monoisotopic (exact) mass is 502 g/mol. The summed E-state index contributed by atoms with van der Waals surface area (Å²) in [4.78, 5) is 31.7. The van der Waals surface area contributed by atoms with Crippen LogP contribution in [0.1, 0.15) is 23.3 Å². The van der Waals surface area contributed by atoms with Crippen molar-refractivity contribution in [2.45, 2.75) is 37.8 Å². The number of thiophene rings is 1. The van der Waals surface area contributed by atoms with Crippen molar-refractivity contribution < 1.29 is 4.79 Å². The summed E-state index contributed by atoms with van der Waals surface area (Å²) >= 11 is 1.72. The van der Waals surface area contributed by atoms with Gasteiger partial charge in [-0.1, -0.05) is 0 Å². The maximum absolute atomic E-state index is 13.5. The molecule has 1 N–H and O–H groups in total. The van der Waals surface area contributed by atoms with Gasteiger partial charge in [0.05, 0.1) is 28.5 Å². The summed E-state index contributed by atoms with van der Waals surface area (Å²) in [6, 6.07) is 5.04. The number of hydrogen-bond donors (Lipinski definition) is 1. The Labute approximate surface area is 213 Å². The molecule has 0 radical (unpaired) electrons. The molecule has 7 rings (SSSR count). The molecule has 0 unspecified atom stereocenters. The molecule has 0 spiro atoms. The third-order valence-corrected chi connectivity index (χ3v) is 9.40. The van der Waals surface area contributed by atoms with Gasteiger partial charge in [0, 0.05) is 56.3 Å². The number of piperazine rings is 1. The first kappa shape index (κ1) is 22.0. The molecule has 3 aliphatic rings. The van der Waals surface area contributed by atoms with Crippen molar-refractivity contribution >= 4 is 50.2 Å². The number of anilines is 3. The average molecular weight is 503 g/mol. The molecule has 1 aliphatic carbocycles. The number of nitrogens with one attached hydrogen (secondary N) is 1. The molecule has 0 aromatic carbocycles. The molecule has 6 heterocycles. The SMILES string of the molecule is CN(C)c1cn2nccc2cc1Nc1ncnc2sc3c(c12)CC[C@H](C(=O)N1C[C@@H]2C[C@H]1CN2C)C3. The highest BCUT2D eigenvalue weighted by molar-refractivity contribution is 7.19. The molecule has 9 nitrogen and oxygen atoms in total. The van der Waals surface area contributed by atoms with Gasteiger partial charge in [-0.3, -0.25) is 9.69 Å². The first-order valence-corrected chi connectivity index (χ1v) is 13.5. The van der Waals surface area contributed by atoms with Crippen LogP contribution in [0.2, 0.25) is 0 Å². The Morgan fingerprint density at radius 1 is 1.22 bits per heavy atom. The Morgan fingerprint density at radius 2 is 2.11 bits per heavy atom. The molecular weight excluding hydrogens is 472 g/mol. The summed E-state index contributed by atoms with van der Waals surface area (Å²) in [6.45, 7) is 1.91. The number of fused-ring (bicyclic) bond motifs is 6. The van der Waals surface area contributed by atoms with Crippen LogP contribution in [0, 0.1) is 5.92 Å². The van der Waals surface area contributed by atoms with Crippen LogP contribution < -0.4 is 10.2 Å². The van der Waals surface area contributed by atoms with E-state index in [2.05, 4.69) is 48.2 Å². The highest BCUT2D eigenvalue weighted by atomic mass is 32.1. The molecule has 36 heavy (non-hydrogen) atoms. The topological polar surface area (TPSA) is 81.9 Å². The van der Waals surface area contributed by atoms with E-state index in [0.717, 1.165) is 71.7 Å². The third kappa shape index (κ3) is 3.38. The predicted octanol–water partition coefficient (Wildman–Crippen LogP) is 3.17. The zero-order valence-electron chi connectivity index (χ0n) is 20.8. The number of nitrogens with zero attached hydrogens (tertiary/aromatic N) is 7. The molecule has 3 atom stereocenters. The highest BCUT2D eigenvalue weighted by Crippen LogP contribution is 2.42. The van der Waals surface area contributed by atoms with Crippen LogP contribution in [0.15, 0.2) is 30.9 Å². The van der Waals surface area contributed by atoms with Gasteiger partial charge in [-0.15, -0.1) is 11.3 Å². The van der Waals surface area contributed by atoms with Gasteiger partial charge in [-0.2, -0.15) is 5.10 Å². The van der Waals surface area contributed by atoms with E-state index in [1.54, 1.807) is 23.9 Å². The molecule has 0 saturated carbocycles. The number of likely N-dealkylation sites (tertiary alicyclic amines) is 2. The summed E-state index contributed by atoms with van der Waals surface area (Å²) in [6.07, 6.45) is 9.19. The second kappa shape index (κ2) is 8.14. The van der Waals surface area contributed by atoms with Gasteiger partial charge >= 0.3 is 0 Å². The maximum Gasteiger partial charge on any atom is 0.226 e. The predicted molar refractivity (Wildman–Crippen MR) is 142 cm³/mol. The largest absolute Gasteiger partial charge is 0.375 e. The van der Waals surface area contributed by atoms with E-state index < -0.39 is 0 Å². The van der Waals surface area contributed by atoms with Crippen LogP contribution >= 0.6 is 11.3 Å². The fourth-order valence-electron chi connectivity index (χ4n) is 6.32. The summed E-state index contributed by atoms with van der Waals surface area (Å²) in [5.74, 6) is 1.26. The Kier molecular flexibility index (Phi) is 4.97. The molecular formula is C26H30N8OS.